The molecular formula is C17H23FN2OS. The predicted molar refractivity (Wildman–Crippen MR) is 87.4 cm³/mol. The van der Waals surface area contributed by atoms with E-state index in [4.69, 9.17) is 0 Å². The molecule has 2 aliphatic heterocycles. The van der Waals surface area contributed by atoms with Crippen LogP contribution in [-0.4, -0.2) is 24.2 Å². The SMILES string of the molecule is CC1(C)CCCNC1C(=O)NC1CCSc2ccc(F)cc21. The van der Waals surface area contributed by atoms with Crippen molar-refractivity contribution in [3.63, 3.8) is 0 Å². The van der Waals surface area contributed by atoms with Crippen LogP contribution in [-0.2, 0) is 4.79 Å². The van der Waals surface area contributed by atoms with Crippen LogP contribution in [0.5, 0.6) is 0 Å². The van der Waals surface area contributed by atoms with E-state index in [9.17, 15) is 9.18 Å². The molecule has 1 saturated heterocycles. The smallest absolute Gasteiger partial charge is 0.238 e. The zero-order valence-electron chi connectivity index (χ0n) is 13.1. The van der Waals surface area contributed by atoms with Crippen molar-refractivity contribution in [2.45, 2.75) is 50.1 Å². The summed E-state index contributed by atoms with van der Waals surface area (Å²) >= 11 is 1.73. The van der Waals surface area contributed by atoms with Crippen molar-refractivity contribution in [2.75, 3.05) is 12.3 Å². The summed E-state index contributed by atoms with van der Waals surface area (Å²) in [6, 6.07) is 4.61. The third-order valence-corrected chi connectivity index (χ3v) is 5.84. The van der Waals surface area contributed by atoms with Gasteiger partial charge in [0, 0.05) is 10.6 Å². The number of carbonyl (C=O) groups excluding carboxylic acids is 1. The predicted octanol–water partition coefficient (Wildman–Crippen LogP) is 3.26. The number of nitrogens with one attached hydrogen (secondary N) is 2. The van der Waals surface area contributed by atoms with Crippen LogP contribution in [0.2, 0.25) is 0 Å². The molecule has 1 amide bonds. The van der Waals surface area contributed by atoms with Gasteiger partial charge in [0.1, 0.15) is 5.82 Å². The van der Waals surface area contributed by atoms with Crippen molar-refractivity contribution in [1.82, 2.24) is 10.6 Å². The lowest BCUT2D eigenvalue weighted by Crippen LogP contribution is -2.56. The van der Waals surface area contributed by atoms with E-state index in [0.29, 0.717) is 0 Å². The largest absolute Gasteiger partial charge is 0.348 e. The zero-order chi connectivity index (χ0) is 15.7. The molecule has 0 spiro atoms. The number of amides is 1. The quantitative estimate of drug-likeness (QED) is 0.878. The van der Waals surface area contributed by atoms with E-state index in [1.807, 2.05) is 6.07 Å². The van der Waals surface area contributed by atoms with E-state index >= 15 is 0 Å². The number of thioether (sulfide) groups is 1. The minimum absolute atomic E-state index is 0.0387. The lowest BCUT2D eigenvalue weighted by atomic mass is 9.77. The normalized spacial score (nSPS) is 27.0. The topological polar surface area (TPSA) is 41.1 Å². The Kier molecular flexibility index (Phi) is 4.46. The summed E-state index contributed by atoms with van der Waals surface area (Å²) in [4.78, 5) is 13.8. The van der Waals surface area contributed by atoms with Crippen molar-refractivity contribution in [3.05, 3.63) is 29.6 Å². The van der Waals surface area contributed by atoms with Gasteiger partial charge in [-0.3, -0.25) is 4.79 Å². The maximum Gasteiger partial charge on any atom is 0.238 e. The third kappa shape index (κ3) is 3.15. The first-order valence-corrected chi connectivity index (χ1v) is 8.92. The average Bonchev–Trinajstić information content (AvgIpc) is 2.47. The van der Waals surface area contributed by atoms with Gasteiger partial charge in [0.2, 0.25) is 5.91 Å². The van der Waals surface area contributed by atoms with Gasteiger partial charge in [-0.05, 0) is 55.0 Å². The van der Waals surface area contributed by atoms with Crippen LogP contribution in [0.15, 0.2) is 23.1 Å². The summed E-state index contributed by atoms with van der Waals surface area (Å²) in [6.45, 7) is 5.15. The van der Waals surface area contributed by atoms with Gasteiger partial charge in [-0.2, -0.15) is 0 Å². The Bertz CT molecular complexity index is 576. The lowest BCUT2D eigenvalue weighted by molar-refractivity contribution is -0.127. The standard InChI is InChI=1S/C17H23FN2OS/c1-17(2)7-3-8-19-15(17)16(21)20-13-6-9-22-14-5-4-11(18)10-12(13)14/h4-5,10,13,15,19H,3,6-9H2,1-2H3,(H,20,21). The number of fused-ring (bicyclic) bond motifs is 1. The Hall–Kier alpha value is -1.07. The third-order valence-electron chi connectivity index (χ3n) is 4.72. The molecule has 0 aliphatic carbocycles. The van der Waals surface area contributed by atoms with E-state index in [2.05, 4.69) is 24.5 Å². The molecule has 0 aromatic heterocycles. The van der Waals surface area contributed by atoms with Crippen LogP contribution >= 0.6 is 11.8 Å². The van der Waals surface area contributed by atoms with Crippen LogP contribution < -0.4 is 10.6 Å². The Morgan fingerprint density at radius 1 is 1.45 bits per heavy atom. The van der Waals surface area contributed by atoms with E-state index in [0.717, 1.165) is 42.0 Å². The fourth-order valence-electron chi connectivity index (χ4n) is 3.43. The maximum absolute atomic E-state index is 13.5. The van der Waals surface area contributed by atoms with Crippen LogP contribution in [0.4, 0.5) is 4.39 Å². The van der Waals surface area contributed by atoms with E-state index in [-0.39, 0.29) is 29.2 Å². The van der Waals surface area contributed by atoms with E-state index < -0.39 is 0 Å². The molecule has 1 fully saturated rings. The number of rotatable bonds is 2. The van der Waals surface area contributed by atoms with Gasteiger partial charge in [0.25, 0.3) is 0 Å². The van der Waals surface area contributed by atoms with Crippen molar-refractivity contribution in [1.29, 1.82) is 0 Å². The number of carbonyl (C=O) groups is 1. The van der Waals surface area contributed by atoms with Crippen molar-refractivity contribution < 1.29 is 9.18 Å². The number of piperidine rings is 1. The van der Waals surface area contributed by atoms with Crippen molar-refractivity contribution in [3.8, 4) is 0 Å². The van der Waals surface area contributed by atoms with Crippen LogP contribution in [0.25, 0.3) is 0 Å². The molecule has 2 atom stereocenters. The molecule has 2 N–H and O–H groups in total. The minimum atomic E-state index is -0.239. The summed E-state index contributed by atoms with van der Waals surface area (Å²) in [6.07, 6.45) is 2.99. The van der Waals surface area contributed by atoms with Gasteiger partial charge in [-0.1, -0.05) is 13.8 Å². The highest BCUT2D eigenvalue weighted by Gasteiger charge is 2.38. The maximum atomic E-state index is 13.5. The molecule has 0 bridgehead atoms. The molecule has 1 aromatic carbocycles. The lowest BCUT2D eigenvalue weighted by Gasteiger charge is -2.39. The molecule has 2 aliphatic rings. The molecule has 3 nitrogen and oxygen atoms in total. The molecule has 2 heterocycles. The Balaban J connectivity index is 1.77. The van der Waals surface area contributed by atoms with Crippen LogP contribution in [0, 0.1) is 11.2 Å². The second-order valence-corrected chi connectivity index (χ2v) is 8.00. The summed E-state index contributed by atoms with van der Waals surface area (Å²) in [7, 11) is 0. The van der Waals surface area contributed by atoms with Gasteiger partial charge < -0.3 is 10.6 Å². The number of benzene rings is 1. The second-order valence-electron chi connectivity index (χ2n) is 6.86. The van der Waals surface area contributed by atoms with E-state index in [1.165, 1.54) is 6.07 Å². The van der Waals surface area contributed by atoms with Gasteiger partial charge in [-0.15, -0.1) is 11.8 Å². The van der Waals surface area contributed by atoms with Gasteiger partial charge >= 0.3 is 0 Å². The minimum Gasteiger partial charge on any atom is -0.348 e. The van der Waals surface area contributed by atoms with E-state index in [1.54, 1.807) is 17.8 Å². The number of hydrogen-bond acceptors (Lipinski definition) is 3. The molecule has 22 heavy (non-hydrogen) atoms. The molecule has 2 unspecified atom stereocenters. The summed E-state index contributed by atoms with van der Waals surface area (Å²) in [5, 5.41) is 6.49. The highest BCUT2D eigenvalue weighted by atomic mass is 32.2. The summed E-state index contributed by atoms with van der Waals surface area (Å²) < 4.78 is 13.5. The van der Waals surface area contributed by atoms with Gasteiger partial charge in [0.15, 0.2) is 0 Å². The second kappa shape index (κ2) is 6.20. The first-order valence-electron chi connectivity index (χ1n) is 7.93. The fourth-order valence-corrected chi connectivity index (χ4v) is 4.53. The molecule has 0 saturated carbocycles. The van der Waals surface area contributed by atoms with Crippen LogP contribution in [0.3, 0.4) is 0 Å². The zero-order valence-corrected chi connectivity index (χ0v) is 13.9. The molecule has 1 aromatic rings. The average molecular weight is 322 g/mol. The molecule has 120 valence electrons. The Labute approximate surface area is 135 Å². The molecule has 3 rings (SSSR count). The van der Waals surface area contributed by atoms with Crippen LogP contribution in [0.1, 0.15) is 44.7 Å². The summed E-state index contributed by atoms with van der Waals surface area (Å²) in [5.41, 5.74) is 0.870. The molecular weight excluding hydrogens is 299 g/mol. The first-order chi connectivity index (χ1) is 10.5. The Morgan fingerprint density at radius 2 is 2.27 bits per heavy atom. The number of hydrogen-bond donors (Lipinski definition) is 2. The highest BCUT2D eigenvalue weighted by molar-refractivity contribution is 7.99. The summed E-state index contributed by atoms with van der Waals surface area (Å²) in [5.74, 6) is 0.749. The van der Waals surface area contributed by atoms with Gasteiger partial charge in [-0.25, -0.2) is 4.39 Å². The molecule has 5 heteroatoms. The fraction of sp³-hybridized carbons (Fsp3) is 0.588. The van der Waals surface area contributed by atoms with Crippen molar-refractivity contribution in [2.24, 2.45) is 5.41 Å². The first kappa shape index (κ1) is 15.8. The van der Waals surface area contributed by atoms with Gasteiger partial charge in [0.05, 0.1) is 12.1 Å². The molecule has 0 radical (unpaired) electrons. The highest BCUT2D eigenvalue weighted by Crippen LogP contribution is 2.37. The Morgan fingerprint density at radius 3 is 3.05 bits per heavy atom. The number of halogens is 1. The van der Waals surface area contributed by atoms with Crippen molar-refractivity contribution >= 4 is 17.7 Å². The monoisotopic (exact) mass is 322 g/mol.